The van der Waals surface area contributed by atoms with Crippen LogP contribution >= 0.6 is 0 Å². The van der Waals surface area contributed by atoms with Crippen molar-refractivity contribution in [3.63, 3.8) is 0 Å². The van der Waals surface area contributed by atoms with Gasteiger partial charge in [-0.05, 0) is 32.2 Å². The van der Waals surface area contributed by atoms with E-state index in [-0.39, 0.29) is 0 Å². The molecule has 0 spiro atoms. The summed E-state index contributed by atoms with van der Waals surface area (Å²) in [5.74, 6) is 0.724. The monoisotopic (exact) mass is 226 g/mol. The number of hydrogen-bond donors (Lipinski definition) is 1. The summed E-state index contributed by atoms with van der Waals surface area (Å²) in [5, 5.41) is 0. The topological polar surface area (TPSA) is 29.3 Å². The molecular weight excluding hydrogens is 196 g/mol. The largest absolute Gasteiger partial charge is 0.327 e. The normalized spacial score (nSPS) is 29.2. The first-order valence-electron chi connectivity index (χ1n) is 7.18. The molecule has 0 bridgehead atoms. The number of hydrogen-bond acceptors (Lipinski definition) is 2. The Morgan fingerprint density at radius 1 is 1.31 bits per heavy atom. The Morgan fingerprint density at radius 3 is 2.69 bits per heavy atom. The van der Waals surface area contributed by atoms with Crippen molar-refractivity contribution in [1.82, 2.24) is 4.90 Å². The molecule has 0 radical (unpaired) electrons. The first-order chi connectivity index (χ1) is 7.69. The van der Waals surface area contributed by atoms with E-state index in [0.717, 1.165) is 12.0 Å². The van der Waals surface area contributed by atoms with Crippen molar-refractivity contribution >= 4 is 0 Å². The lowest BCUT2D eigenvalue weighted by Gasteiger charge is -2.40. The maximum absolute atomic E-state index is 6.15. The molecule has 2 nitrogen and oxygen atoms in total. The van der Waals surface area contributed by atoms with Crippen molar-refractivity contribution < 1.29 is 0 Å². The summed E-state index contributed by atoms with van der Waals surface area (Å²) in [6.45, 7) is 9.38. The fourth-order valence-electron chi connectivity index (χ4n) is 2.78. The highest BCUT2D eigenvalue weighted by atomic mass is 15.2. The zero-order chi connectivity index (χ0) is 12.0. The molecule has 2 N–H and O–H groups in total. The van der Waals surface area contributed by atoms with Crippen LogP contribution in [0, 0.1) is 5.92 Å². The summed E-state index contributed by atoms with van der Waals surface area (Å²) in [4.78, 5) is 2.66. The third-order valence-electron chi connectivity index (χ3n) is 4.20. The summed E-state index contributed by atoms with van der Waals surface area (Å²) >= 11 is 0. The molecule has 0 aliphatic carbocycles. The molecule has 0 aromatic heterocycles. The molecule has 1 rings (SSSR count). The van der Waals surface area contributed by atoms with E-state index in [2.05, 4.69) is 25.7 Å². The average Bonchev–Trinajstić information content (AvgIpc) is 2.30. The Morgan fingerprint density at radius 2 is 2.06 bits per heavy atom. The van der Waals surface area contributed by atoms with Gasteiger partial charge in [-0.3, -0.25) is 0 Å². The molecule has 1 heterocycles. The highest BCUT2D eigenvalue weighted by Gasteiger charge is 2.27. The number of piperidine rings is 1. The third kappa shape index (κ3) is 4.06. The molecular formula is C14H30N2. The standard InChI is InChI=1S/C14H30N2/c1-4-6-7-8-12(3)16-10-9-14(15)13(5-2)11-16/h12-14H,4-11,15H2,1-3H3. The van der Waals surface area contributed by atoms with E-state index in [1.165, 1.54) is 51.6 Å². The number of rotatable bonds is 6. The van der Waals surface area contributed by atoms with Gasteiger partial charge in [-0.25, -0.2) is 0 Å². The minimum absolute atomic E-state index is 0.448. The Balaban J connectivity index is 2.30. The molecule has 0 amide bonds. The molecule has 1 aliphatic heterocycles. The van der Waals surface area contributed by atoms with Crippen molar-refractivity contribution in [2.24, 2.45) is 11.7 Å². The SMILES string of the molecule is CCCCCC(C)N1CCC(N)C(CC)C1. The Labute approximate surface area is 102 Å². The second-order valence-electron chi connectivity index (χ2n) is 5.46. The zero-order valence-corrected chi connectivity index (χ0v) is 11.4. The molecule has 96 valence electrons. The van der Waals surface area contributed by atoms with Crippen molar-refractivity contribution in [2.45, 2.75) is 71.4 Å². The van der Waals surface area contributed by atoms with Gasteiger partial charge in [-0.1, -0.05) is 39.5 Å². The van der Waals surface area contributed by atoms with Crippen LogP contribution in [0.5, 0.6) is 0 Å². The van der Waals surface area contributed by atoms with Gasteiger partial charge in [0.25, 0.3) is 0 Å². The molecule has 1 fully saturated rings. The first kappa shape index (κ1) is 14.0. The van der Waals surface area contributed by atoms with Gasteiger partial charge in [-0.2, -0.15) is 0 Å². The summed E-state index contributed by atoms with van der Waals surface area (Å²) in [5.41, 5.74) is 6.15. The van der Waals surface area contributed by atoms with Gasteiger partial charge in [-0.15, -0.1) is 0 Å². The highest BCUT2D eigenvalue weighted by Crippen LogP contribution is 2.22. The summed E-state index contributed by atoms with van der Waals surface area (Å²) in [6.07, 6.45) is 7.89. The smallest absolute Gasteiger partial charge is 0.00914 e. The Hall–Kier alpha value is -0.0800. The van der Waals surface area contributed by atoms with Gasteiger partial charge in [0.05, 0.1) is 0 Å². The van der Waals surface area contributed by atoms with E-state index >= 15 is 0 Å². The lowest BCUT2D eigenvalue weighted by molar-refractivity contribution is 0.108. The van der Waals surface area contributed by atoms with Gasteiger partial charge in [0, 0.05) is 18.6 Å². The van der Waals surface area contributed by atoms with Gasteiger partial charge in [0.1, 0.15) is 0 Å². The van der Waals surface area contributed by atoms with Crippen molar-refractivity contribution in [3.8, 4) is 0 Å². The number of unbranched alkanes of at least 4 members (excludes halogenated alkanes) is 2. The predicted octanol–water partition coefficient (Wildman–Crippen LogP) is 3.01. The molecule has 3 unspecified atom stereocenters. The van der Waals surface area contributed by atoms with Crippen LogP contribution < -0.4 is 5.73 Å². The predicted molar refractivity (Wildman–Crippen MR) is 71.6 cm³/mol. The minimum atomic E-state index is 0.448. The van der Waals surface area contributed by atoms with Crippen LogP contribution in [-0.2, 0) is 0 Å². The van der Waals surface area contributed by atoms with Crippen LogP contribution in [0.1, 0.15) is 59.3 Å². The second kappa shape index (κ2) is 7.29. The van der Waals surface area contributed by atoms with Crippen LogP contribution in [0.4, 0.5) is 0 Å². The van der Waals surface area contributed by atoms with Gasteiger partial charge >= 0.3 is 0 Å². The molecule has 1 aliphatic rings. The van der Waals surface area contributed by atoms with Crippen molar-refractivity contribution in [1.29, 1.82) is 0 Å². The number of nitrogens with zero attached hydrogens (tertiary/aromatic N) is 1. The lowest BCUT2D eigenvalue weighted by Crippen LogP contribution is -2.49. The molecule has 1 saturated heterocycles. The maximum Gasteiger partial charge on any atom is 0.00914 e. The molecule has 0 saturated carbocycles. The quantitative estimate of drug-likeness (QED) is 0.705. The first-order valence-corrected chi connectivity index (χ1v) is 7.18. The maximum atomic E-state index is 6.15. The van der Waals surface area contributed by atoms with Crippen LogP contribution in [0.25, 0.3) is 0 Å². The zero-order valence-electron chi connectivity index (χ0n) is 11.4. The minimum Gasteiger partial charge on any atom is -0.327 e. The van der Waals surface area contributed by atoms with Crippen LogP contribution in [0.3, 0.4) is 0 Å². The highest BCUT2D eigenvalue weighted by molar-refractivity contribution is 4.84. The molecule has 16 heavy (non-hydrogen) atoms. The van der Waals surface area contributed by atoms with E-state index in [4.69, 9.17) is 5.73 Å². The fourth-order valence-corrected chi connectivity index (χ4v) is 2.78. The van der Waals surface area contributed by atoms with Crippen LogP contribution in [0.15, 0.2) is 0 Å². The fraction of sp³-hybridized carbons (Fsp3) is 1.00. The second-order valence-corrected chi connectivity index (χ2v) is 5.46. The Kier molecular flexibility index (Phi) is 6.37. The van der Waals surface area contributed by atoms with Gasteiger partial charge < -0.3 is 10.6 Å². The molecule has 3 atom stereocenters. The lowest BCUT2D eigenvalue weighted by atomic mass is 9.89. The molecule has 2 heteroatoms. The third-order valence-corrected chi connectivity index (χ3v) is 4.20. The summed E-state index contributed by atoms with van der Waals surface area (Å²) in [7, 11) is 0. The number of likely N-dealkylation sites (tertiary alicyclic amines) is 1. The Bertz CT molecular complexity index is 182. The van der Waals surface area contributed by atoms with Crippen molar-refractivity contribution in [3.05, 3.63) is 0 Å². The van der Waals surface area contributed by atoms with E-state index < -0.39 is 0 Å². The molecule has 0 aromatic carbocycles. The van der Waals surface area contributed by atoms with Crippen molar-refractivity contribution in [2.75, 3.05) is 13.1 Å². The van der Waals surface area contributed by atoms with E-state index in [1.54, 1.807) is 0 Å². The summed E-state index contributed by atoms with van der Waals surface area (Å²) in [6, 6.07) is 1.21. The van der Waals surface area contributed by atoms with E-state index in [0.29, 0.717) is 6.04 Å². The van der Waals surface area contributed by atoms with Gasteiger partial charge in [0.15, 0.2) is 0 Å². The molecule has 0 aromatic rings. The van der Waals surface area contributed by atoms with E-state index in [9.17, 15) is 0 Å². The average molecular weight is 226 g/mol. The summed E-state index contributed by atoms with van der Waals surface area (Å²) < 4.78 is 0. The van der Waals surface area contributed by atoms with Crippen LogP contribution in [0.2, 0.25) is 0 Å². The number of nitrogens with two attached hydrogens (primary N) is 1. The van der Waals surface area contributed by atoms with Crippen LogP contribution in [-0.4, -0.2) is 30.1 Å². The van der Waals surface area contributed by atoms with Gasteiger partial charge in [0.2, 0.25) is 0 Å². The van der Waals surface area contributed by atoms with E-state index in [1.807, 2.05) is 0 Å².